The van der Waals surface area contributed by atoms with Gasteiger partial charge in [-0.3, -0.25) is 4.79 Å². The summed E-state index contributed by atoms with van der Waals surface area (Å²) < 4.78 is 0. The van der Waals surface area contributed by atoms with Gasteiger partial charge in [-0.1, -0.05) is 58.8 Å². The van der Waals surface area contributed by atoms with E-state index in [1.54, 1.807) is 0 Å². The number of unbranched alkanes of at least 4 members (excludes halogenated alkanes) is 6. The summed E-state index contributed by atoms with van der Waals surface area (Å²) in [5.41, 5.74) is 6.89. The predicted molar refractivity (Wildman–Crippen MR) is 106 cm³/mol. The first-order chi connectivity index (χ1) is 12.2. The molecule has 0 aliphatic heterocycles. The summed E-state index contributed by atoms with van der Waals surface area (Å²) in [6.07, 6.45) is 15.9. The second kappa shape index (κ2) is 13.7. The third-order valence-corrected chi connectivity index (χ3v) is 4.74. The average Bonchev–Trinajstić information content (AvgIpc) is 3.02. The van der Waals surface area contributed by atoms with Gasteiger partial charge in [-0.15, -0.1) is 0 Å². The van der Waals surface area contributed by atoms with Crippen LogP contribution in [-0.4, -0.2) is 22.4 Å². The molecule has 0 bridgehead atoms. The summed E-state index contributed by atoms with van der Waals surface area (Å²) in [6.45, 7) is 5.04. The maximum Gasteiger partial charge on any atom is 0.219 e. The van der Waals surface area contributed by atoms with E-state index in [4.69, 9.17) is 5.73 Å². The highest BCUT2D eigenvalue weighted by Crippen LogP contribution is 2.26. The zero-order valence-corrected chi connectivity index (χ0v) is 16.3. The third-order valence-electron chi connectivity index (χ3n) is 4.74. The van der Waals surface area contributed by atoms with Gasteiger partial charge in [-0.25, -0.2) is 4.98 Å². The van der Waals surface area contributed by atoms with Crippen LogP contribution in [-0.2, 0) is 4.79 Å². The lowest BCUT2D eigenvalue weighted by atomic mass is 9.93. The van der Waals surface area contributed by atoms with Crippen molar-refractivity contribution in [3.8, 4) is 0 Å². The lowest BCUT2D eigenvalue weighted by molar-refractivity contribution is -0.121. The van der Waals surface area contributed by atoms with Crippen molar-refractivity contribution >= 4 is 11.9 Å². The van der Waals surface area contributed by atoms with E-state index >= 15 is 0 Å². The van der Waals surface area contributed by atoms with Crippen LogP contribution in [0.25, 0.3) is 0 Å². The first-order valence-electron chi connectivity index (χ1n) is 10.2. The Morgan fingerprint density at radius 3 is 2.40 bits per heavy atom. The number of rotatable bonds is 15. The summed E-state index contributed by atoms with van der Waals surface area (Å²) in [5.74, 6) is 1.12. The van der Waals surface area contributed by atoms with Gasteiger partial charge in [-0.05, 0) is 25.7 Å². The van der Waals surface area contributed by atoms with E-state index in [0.29, 0.717) is 18.3 Å². The van der Waals surface area contributed by atoms with E-state index in [1.807, 2.05) is 13.1 Å². The summed E-state index contributed by atoms with van der Waals surface area (Å²) in [6, 6.07) is 0. The first kappa shape index (κ1) is 21.5. The van der Waals surface area contributed by atoms with E-state index in [1.165, 1.54) is 44.9 Å². The Hall–Kier alpha value is -1.52. The van der Waals surface area contributed by atoms with Gasteiger partial charge < -0.3 is 16.0 Å². The van der Waals surface area contributed by atoms with E-state index < -0.39 is 0 Å². The van der Waals surface area contributed by atoms with Gasteiger partial charge in [0.2, 0.25) is 5.91 Å². The average molecular weight is 351 g/mol. The maximum absolute atomic E-state index is 11.5. The van der Waals surface area contributed by atoms with Gasteiger partial charge in [0.1, 0.15) is 0 Å². The number of aromatic nitrogens is 2. The van der Waals surface area contributed by atoms with Gasteiger partial charge in [0.05, 0.1) is 6.20 Å². The molecule has 1 unspecified atom stereocenters. The number of nitrogens with zero attached hydrogens (tertiary/aromatic N) is 1. The molecule has 0 aliphatic carbocycles. The fourth-order valence-corrected chi connectivity index (χ4v) is 3.25. The summed E-state index contributed by atoms with van der Waals surface area (Å²) in [5, 5.41) is 3.00. The Morgan fingerprint density at radius 1 is 1.08 bits per heavy atom. The van der Waals surface area contributed by atoms with E-state index in [-0.39, 0.29) is 5.91 Å². The largest absolute Gasteiger partial charge is 0.369 e. The zero-order valence-electron chi connectivity index (χ0n) is 16.3. The van der Waals surface area contributed by atoms with Gasteiger partial charge in [0.25, 0.3) is 0 Å². The van der Waals surface area contributed by atoms with E-state index in [9.17, 15) is 4.79 Å². The number of hydrogen-bond acceptors (Lipinski definition) is 3. The second-order valence-electron chi connectivity index (χ2n) is 7.07. The van der Waals surface area contributed by atoms with Crippen molar-refractivity contribution in [2.45, 2.75) is 96.8 Å². The highest BCUT2D eigenvalue weighted by atomic mass is 16.1. The minimum atomic E-state index is 0.164. The van der Waals surface area contributed by atoms with Gasteiger partial charge in [0.15, 0.2) is 5.95 Å². The minimum Gasteiger partial charge on any atom is -0.369 e. The highest BCUT2D eigenvalue weighted by Gasteiger charge is 2.14. The van der Waals surface area contributed by atoms with Crippen LogP contribution in [0, 0.1) is 0 Å². The Bertz CT molecular complexity index is 458. The molecular formula is C20H38N4O. The number of carbonyl (C=O) groups is 1. The molecule has 5 nitrogen and oxygen atoms in total. The maximum atomic E-state index is 11.5. The molecule has 4 N–H and O–H groups in total. The molecule has 0 saturated heterocycles. The molecule has 5 heteroatoms. The van der Waals surface area contributed by atoms with Gasteiger partial charge in [-0.2, -0.15) is 0 Å². The molecule has 0 aromatic carbocycles. The molecule has 25 heavy (non-hydrogen) atoms. The van der Waals surface area contributed by atoms with Crippen molar-refractivity contribution in [1.82, 2.24) is 15.3 Å². The van der Waals surface area contributed by atoms with Crippen LogP contribution in [0.5, 0.6) is 0 Å². The second-order valence-corrected chi connectivity index (χ2v) is 7.07. The molecule has 0 saturated carbocycles. The summed E-state index contributed by atoms with van der Waals surface area (Å²) >= 11 is 0. The van der Waals surface area contributed by atoms with Gasteiger partial charge >= 0.3 is 0 Å². The molecular weight excluding hydrogens is 312 g/mol. The zero-order chi connectivity index (χ0) is 18.3. The number of H-pyrrole nitrogens is 1. The van der Waals surface area contributed by atoms with Crippen molar-refractivity contribution in [3.05, 3.63) is 11.9 Å². The molecule has 1 rings (SSSR count). The predicted octanol–water partition coefficient (Wildman–Crippen LogP) is 4.91. The SMILES string of the molecule is CCCCCCCCCC(CCCNC(=O)CCC)c1cnc(N)[nH]1. The van der Waals surface area contributed by atoms with Crippen molar-refractivity contribution in [1.29, 1.82) is 0 Å². The van der Waals surface area contributed by atoms with Gasteiger partial charge in [0, 0.05) is 24.6 Å². The number of nitrogen functional groups attached to an aromatic ring is 1. The number of anilines is 1. The lowest BCUT2D eigenvalue weighted by Crippen LogP contribution is -2.24. The number of carbonyl (C=O) groups excluding carboxylic acids is 1. The van der Waals surface area contributed by atoms with E-state index in [0.717, 1.165) is 37.9 Å². The Morgan fingerprint density at radius 2 is 1.76 bits per heavy atom. The molecule has 0 radical (unpaired) electrons. The molecule has 1 amide bonds. The van der Waals surface area contributed by atoms with Crippen LogP contribution >= 0.6 is 0 Å². The molecule has 1 aromatic rings. The summed E-state index contributed by atoms with van der Waals surface area (Å²) in [7, 11) is 0. The topological polar surface area (TPSA) is 83.8 Å². The quantitative estimate of drug-likeness (QED) is 0.393. The molecule has 144 valence electrons. The number of aromatic amines is 1. The number of nitrogens with one attached hydrogen (secondary N) is 2. The standard InChI is InChI=1S/C20H38N4O/c1-3-5-6-7-8-9-10-13-17(18-16-23-20(21)24-18)14-11-15-22-19(25)12-4-2/h16-17H,3-15H2,1-2H3,(H,22,25)(H3,21,23,24). The number of nitrogens with two attached hydrogens (primary N) is 1. The number of imidazole rings is 1. The van der Waals surface area contributed by atoms with Crippen LogP contribution in [0.2, 0.25) is 0 Å². The van der Waals surface area contributed by atoms with Crippen LogP contribution in [0.1, 0.15) is 103 Å². The molecule has 0 aliphatic rings. The Kier molecular flexibility index (Phi) is 11.8. The normalized spacial score (nSPS) is 12.2. The molecule has 1 atom stereocenters. The summed E-state index contributed by atoms with van der Waals surface area (Å²) in [4.78, 5) is 18.9. The fourth-order valence-electron chi connectivity index (χ4n) is 3.25. The fraction of sp³-hybridized carbons (Fsp3) is 0.800. The van der Waals surface area contributed by atoms with Crippen LogP contribution in [0.15, 0.2) is 6.20 Å². The van der Waals surface area contributed by atoms with Crippen molar-refractivity contribution in [2.75, 3.05) is 12.3 Å². The lowest BCUT2D eigenvalue weighted by Gasteiger charge is -2.15. The van der Waals surface area contributed by atoms with Crippen molar-refractivity contribution in [3.63, 3.8) is 0 Å². The Labute approximate surface area is 153 Å². The van der Waals surface area contributed by atoms with Crippen molar-refractivity contribution in [2.24, 2.45) is 0 Å². The molecule has 1 aromatic heterocycles. The monoisotopic (exact) mass is 350 g/mol. The third kappa shape index (κ3) is 10.1. The molecule has 0 spiro atoms. The minimum absolute atomic E-state index is 0.164. The molecule has 1 heterocycles. The van der Waals surface area contributed by atoms with Crippen LogP contribution in [0.3, 0.4) is 0 Å². The number of amides is 1. The van der Waals surface area contributed by atoms with Crippen LogP contribution < -0.4 is 11.1 Å². The van der Waals surface area contributed by atoms with E-state index in [2.05, 4.69) is 22.2 Å². The van der Waals surface area contributed by atoms with Crippen molar-refractivity contribution < 1.29 is 4.79 Å². The smallest absolute Gasteiger partial charge is 0.219 e. The van der Waals surface area contributed by atoms with Crippen LogP contribution in [0.4, 0.5) is 5.95 Å². The number of hydrogen-bond donors (Lipinski definition) is 3. The first-order valence-corrected chi connectivity index (χ1v) is 10.2. The highest BCUT2D eigenvalue weighted by molar-refractivity contribution is 5.75. The Balaban J connectivity index is 2.29. The molecule has 0 fully saturated rings.